The minimum atomic E-state index is -0.736. The van der Waals surface area contributed by atoms with E-state index in [0.717, 1.165) is 5.56 Å². The number of carbonyl (C=O) groups excluding carboxylic acids is 2. The van der Waals surface area contributed by atoms with Crippen molar-refractivity contribution in [2.75, 3.05) is 61.5 Å². The minimum absolute atomic E-state index is 0.0686. The zero-order valence-corrected chi connectivity index (χ0v) is 30.1. The van der Waals surface area contributed by atoms with Gasteiger partial charge in [0.25, 0.3) is 0 Å². The quantitative estimate of drug-likeness (QED) is 0.129. The molecule has 2 fully saturated rings. The van der Waals surface area contributed by atoms with Gasteiger partial charge in [-0.05, 0) is 93.1 Å². The molecule has 2 saturated heterocycles. The fourth-order valence-corrected chi connectivity index (χ4v) is 7.38. The summed E-state index contributed by atoms with van der Waals surface area (Å²) >= 11 is 0. The van der Waals surface area contributed by atoms with E-state index in [2.05, 4.69) is 27.1 Å². The van der Waals surface area contributed by atoms with Crippen LogP contribution in [0.2, 0.25) is 0 Å². The second kappa shape index (κ2) is 17.6. The van der Waals surface area contributed by atoms with Crippen LogP contribution in [0.25, 0.3) is 0 Å². The SMILES string of the molecule is C=Nc1cc(C2CCCN2c2cc(F)c(N3CCC(c4ccc(F)cc4)CC3)c(F)c2)c(F)cc1NCCN(CCC)C(=O)[C@H](CC)NC(=O)OC. The number of anilines is 3. The molecule has 2 N–H and O–H groups in total. The largest absolute Gasteiger partial charge is 0.453 e. The molecule has 0 radical (unpaired) electrons. The number of carbonyl (C=O) groups is 2. The fourth-order valence-electron chi connectivity index (χ4n) is 7.38. The third kappa shape index (κ3) is 8.79. The van der Waals surface area contributed by atoms with Crippen LogP contribution in [0.4, 0.5) is 45.1 Å². The predicted molar refractivity (Wildman–Crippen MR) is 197 cm³/mol. The average Bonchev–Trinajstić information content (AvgIpc) is 3.63. The number of ether oxygens (including phenoxy) is 1. The topological polar surface area (TPSA) is 89.5 Å². The molecule has 9 nitrogen and oxygen atoms in total. The maximum atomic E-state index is 15.9. The molecule has 0 saturated carbocycles. The Morgan fingerprint density at radius 2 is 1.65 bits per heavy atom. The number of rotatable bonds is 14. The number of nitrogens with zero attached hydrogens (tertiary/aromatic N) is 4. The van der Waals surface area contributed by atoms with Crippen LogP contribution in [0, 0.1) is 23.3 Å². The van der Waals surface area contributed by atoms with Crippen molar-refractivity contribution in [2.45, 2.75) is 70.4 Å². The maximum absolute atomic E-state index is 15.9. The number of aliphatic imine (C=N–C) groups is 1. The first-order valence-corrected chi connectivity index (χ1v) is 18.0. The number of alkyl carbamates (subject to hydrolysis) is 1. The molecule has 3 aromatic carbocycles. The van der Waals surface area contributed by atoms with E-state index in [1.54, 1.807) is 34.9 Å². The van der Waals surface area contributed by atoms with Crippen molar-refractivity contribution in [3.05, 3.63) is 82.9 Å². The van der Waals surface area contributed by atoms with Crippen molar-refractivity contribution >= 4 is 41.5 Å². The second-order valence-corrected chi connectivity index (χ2v) is 13.3. The lowest BCUT2D eigenvalue weighted by Gasteiger charge is -2.35. The molecule has 2 atom stereocenters. The highest BCUT2D eigenvalue weighted by atomic mass is 19.1. The van der Waals surface area contributed by atoms with Gasteiger partial charge >= 0.3 is 6.09 Å². The van der Waals surface area contributed by atoms with Gasteiger partial charge in [0.2, 0.25) is 5.91 Å². The fraction of sp³-hybridized carbons (Fsp3) is 0.462. The Hall–Kier alpha value is -4.81. The summed E-state index contributed by atoms with van der Waals surface area (Å²) in [6.45, 7) is 9.88. The Bertz CT molecular complexity index is 1690. The van der Waals surface area contributed by atoms with E-state index >= 15 is 13.2 Å². The summed E-state index contributed by atoms with van der Waals surface area (Å²) in [4.78, 5) is 34.2. The molecule has 0 aromatic heterocycles. The highest BCUT2D eigenvalue weighted by Gasteiger charge is 2.32. The van der Waals surface area contributed by atoms with Crippen molar-refractivity contribution in [3.63, 3.8) is 0 Å². The van der Waals surface area contributed by atoms with Crippen molar-refractivity contribution in [2.24, 2.45) is 4.99 Å². The molecular formula is C39H48F4N6O3. The van der Waals surface area contributed by atoms with E-state index in [4.69, 9.17) is 0 Å². The summed E-state index contributed by atoms with van der Waals surface area (Å²) in [7, 11) is 1.24. The molecule has 2 aliphatic heterocycles. The van der Waals surface area contributed by atoms with Crippen LogP contribution in [-0.4, -0.2) is 76.0 Å². The predicted octanol–water partition coefficient (Wildman–Crippen LogP) is 8.09. The molecule has 0 bridgehead atoms. The number of methoxy groups -OCH3 is 1. The van der Waals surface area contributed by atoms with Gasteiger partial charge in [0.15, 0.2) is 11.6 Å². The van der Waals surface area contributed by atoms with E-state index in [1.165, 1.54) is 37.4 Å². The molecule has 13 heteroatoms. The van der Waals surface area contributed by atoms with E-state index in [-0.39, 0.29) is 29.9 Å². The van der Waals surface area contributed by atoms with Gasteiger partial charge in [-0.2, -0.15) is 0 Å². The number of hydrogen-bond donors (Lipinski definition) is 2. The van der Waals surface area contributed by atoms with E-state index in [9.17, 15) is 14.0 Å². The average molecular weight is 725 g/mol. The van der Waals surface area contributed by atoms with E-state index in [1.807, 2.05) is 11.8 Å². The van der Waals surface area contributed by atoms with Crippen molar-refractivity contribution in [1.82, 2.24) is 10.2 Å². The lowest BCUT2D eigenvalue weighted by Crippen LogP contribution is -2.49. The summed E-state index contributed by atoms with van der Waals surface area (Å²) in [5.74, 6) is -2.19. The number of amides is 2. The van der Waals surface area contributed by atoms with Crippen molar-refractivity contribution in [1.29, 1.82) is 0 Å². The summed E-state index contributed by atoms with van der Waals surface area (Å²) in [5, 5.41) is 5.74. The number of piperidine rings is 1. The third-order valence-electron chi connectivity index (χ3n) is 10.1. The van der Waals surface area contributed by atoms with Crippen LogP contribution < -0.4 is 20.4 Å². The van der Waals surface area contributed by atoms with Gasteiger partial charge < -0.3 is 30.1 Å². The van der Waals surface area contributed by atoms with Crippen molar-refractivity contribution < 1.29 is 31.9 Å². The zero-order valence-electron chi connectivity index (χ0n) is 30.1. The Morgan fingerprint density at radius 1 is 0.962 bits per heavy atom. The zero-order chi connectivity index (χ0) is 37.4. The normalized spacial score (nSPS) is 16.8. The first-order chi connectivity index (χ1) is 25.1. The van der Waals surface area contributed by atoms with Crippen LogP contribution in [-0.2, 0) is 9.53 Å². The molecule has 2 aliphatic rings. The third-order valence-corrected chi connectivity index (χ3v) is 10.1. The monoisotopic (exact) mass is 724 g/mol. The first-order valence-electron chi connectivity index (χ1n) is 18.0. The van der Waals surface area contributed by atoms with E-state index < -0.39 is 35.6 Å². The molecule has 2 amide bonds. The molecule has 3 aromatic rings. The lowest BCUT2D eigenvalue weighted by atomic mass is 9.89. The molecule has 5 rings (SSSR count). The molecule has 0 spiro atoms. The Morgan fingerprint density at radius 3 is 2.27 bits per heavy atom. The first kappa shape index (κ1) is 38.4. The summed E-state index contributed by atoms with van der Waals surface area (Å²) in [5.41, 5.74) is 2.44. The molecule has 0 aliphatic carbocycles. The summed E-state index contributed by atoms with van der Waals surface area (Å²) in [6, 6.07) is 10.8. The molecule has 52 heavy (non-hydrogen) atoms. The van der Waals surface area contributed by atoms with Gasteiger partial charge in [0.1, 0.15) is 23.4 Å². The van der Waals surface area contributed by atoms with Crippen LogP contribution in [0.3, 0.4) is 0 Å². The number of hydrogen-bond acceptors (Lipinski definition) is 7. The van der Waals surface area contributed by atoms with Crippen LogP contribution >= 0.6 is 0 Å². The van der Waals surface area contributed by atoms with Gasteiger partial charge in [0, 0.05) is 50.5 Å². The molecule has 1 unspecified atom stereocenters. The van der Waals surface area contributed by atoms with E-state index in [0.29, 0.717) is 93.9 Å². The van der Waals surface area contributed by atoms with Crippen molar-refractivity contribution in [3.8, 4) is 0 Å². The smallest absolute Gasteiger partial charge is 0.407 e. The number of benzene rings is 3. The van der Waals surface area contributed by atoms with Gasteiger partial charge in [-0.1, -0.05) is 26.0 Å². The van der Waals surface area contributed by atoms with Gasteiger partial charge in [0.05, 0.1) is 24.5 Å². The standard InChI is InChI=1S/C39H48F4N6O3/c1-5-16-48(38(50)33(6-2)46-39(51)52-4)20-15-45-35-24-30(41)29(23-34(35)44-3)36-8-7-17-49(36)28-21-31(42)37(32(43)22-28)47-18-13-26(14-19-47)25-9-11-27(40)12-10-25/h9-12,21-24,26,33,36,45H,3,5-8,13-20H2,1-2,4H3,(H,46,51)/t33-,36?/m0/s1. The van der Waals surface area contributed by atoms with Crippen LogP contribution in [0.5, 0.6) is 0 Å². The van der Waals surface area contributed by atoms with Gasteiger partial charge in [-0.3, -0.25) is 9.79 Å². The highest BCUT2D eigenvalue weighted by Crippen LogP contribution is 2.42. The molecular weight excluding hydrogens is 676 g/mol. The maximum Gasteiger partial charge on any atom is 0.407 e. The second-order valence-electron chi connectivity index (χ2n) is 13.3. The van der Waals surface area contributed by atoms with Gasteiger partial charge in [-0.15, -0.1) is 0 Å². The Kier molecular flexibility index (Phi) is 13.0. The van der Waals surface area contributed by atoms with Gasteiger partial charge in [-0.25, -0.2) is 22.4 Å². The van der Waals surface area contributed by atoms with Crippen LogP contribution in [0.15, 0.2) is 53.5 Å². The highest BCUT2D eigenvalue weighted by molar-refractivity contribution is 5.85. The number of halogens is 4. The number of nitrogens with one attached hydrogen (secondary N) is 2. The molecule has 280 valence electrons. The summed E-state index contributed by atoms with van der Waals surface area (Å²) < 4.78 is 65.3. The Labute approximate surface area is 303 Å². The summed E-state index contributed by atoms with van der Waals surface area (Å²) in [6.07, 6.45) is 3.06. The molecule has 2 heterocycles. The lowest BCUT2D eigenvalue weighted by molar-refractivity contribution is -0.133. The Balaban J connectivity index is 1.27. The minimum Gasteiger partial charge on any atom is -0.453 e. The van der Waals surface area contributed by atoms with Crippen LogP contribution in [0.1, 0.15) is 75.5 Å².